The Morgan fingerprint density at radius 3 is 2.29 bits per heavy atom. The molecular formula is C15H32N2. The zero-order chi connectivity index (χ0) is 13.0. The second kappa shape index (κ2) is 6.75. The molecule has 2 heteroatoms. The molecule has 1 fully saturated rings. The molecule has 102 valence electrons. The fraction of sp³-hybridized carbons (Fsp3) is 1.00. The van der Waals surface area contributed by atoms with Gasteiger partial charge < -0.3 is 5.73 Å². The summed E-state index contributed by atoms with van der Waals surface area (Å²) in [7, 11) is 0. The first-order valence-corrected chi connectivity index (χ1v) is 7.43. The van der Waals surface area contributed by atoms with Crippen LogP contribution in [-0.2, 0) is 0 Å². The highest BCUT2D eigenvalue weighted by atomic mass is 15.2. The molecule has 17 heavy (non-hydrogen) atoms. The summed E-state index contributed by atoms with van der Waals surface area (Å²) in [5, 5.41) is 0. The number of rotatable bonds is 6. The van der Waals surface area contributed by atoms with Gasteiger partial charge in [-0.25, -0.2) is 0 Å². The van der Waals surface area contributed by atoms with Crippen molar-refractivity contribution in [3.05, 3.63) is 0 Å². The highest BCUT2D eigenvalue weighted by molar-refractivity contribution is 4.89. The molecule has 0 spiro atoms. The molecule has 0 aromatic rings. The number of likely N-dealkylation sites (tertiary alicyclic amines) is 1. The lowest BCUT2D eigenvalue weighted by molar-refractivity contribution is 0.104. The minimum absolute atomic E-state index is 0.590. The van der Waals surface area contributed by atoms with E-state index in [4.69, 9.17) is 5.73 Å². The van der Waals surface area contributed by atoms with Crippen molar-refractivity contribution < 1.29 is 0 Å². The fourth-order valence-corrected chi connectivity index (χ4v) is 3.54. The van der Waals surface area contributed by atoms with Crippen molar-refractivity contribution in [2.45, 2.75) is 66.0 Å². The zero-order valence-electron chi connectivity index (χ0n) is 12.4. The fourth-order valence-electron chi connectivity index (χ4n) is 3.54. The Morgan fingerprint density at radius 2 is 1.82 bits per heavy atom. The highest BCUT2D eigenvalue weighted by Crippen LogP contribution is 2.30. The third-order valence-electron chi connectivity index (χ3n) is 4.28. The van der Waals surface area contributed by atoms with Crippen LogP contribution in [0, 0.1) is 17.8 Å². The van der Waals surface area contributed by atoms with Gasteiger partial charge in [0.2, 0.25) is 0 Å². The van der Waals surface area contributed by atoms with Crippen LogP contribution in [0.2, 0.25) is 0 Å². The quantitative estimate of drug-likeness (QED) is 0.773. The Balaban J connectivity index is 2.65. The summed E-state index contributed by atoms with van der Waals surface area (Å²) in [5.41, 5.74) is 6.05. The van der Waals surface area contributed by atoms with Gasteiger partial charge in [0, 0.05) is 18.6 Å². The Kier molecular flexibility index (Phi) is 5.94. The summed E-state index contributed by atoms with van der Waals surface area (Å²) in [4.78, 5) is 2.71. The minimum atomic E-state index is 0.590. The van der Waals surface area contributed by atoms with Gasteiger partial charge in [0.25, 0.3) is 0 Å². The first-order valence-electron chi connectivity index (χ1n) is 7.43. The number of nitrogens with two attached hydrogens (primary N) is 1. The standard InChI is InChI=1S/C15H32N2/c1-11(2)9-13(5)15(10-16)17-8-6-7-14(17)12(3)4/h11-15H,6-10,16H2,1-5H3. The van der Waals surface area contributed by atoms with Crippen molar-refractivity contribution in [1.82, 2.24) is 4.90 Å². The summed E-state index contributed by atoms with van der Waals surface area (Å²) in [5.74, 6) is 2.26. The second-order valence-electron chi connectivity index (χ2n) is 6.60. The monoisotopic (exact) mass is 240 g/mol. The van der Waals surface area contributed by atoms with Gasteiger partial charge in [-0.3, -0.25) is 4.90 Å². The molecule has 0 aromatic carbocycles. The van der Waals surface area contributed by atoms with Gasteiger partial charge in [-0.05, 0) is 43.6 Å². The smallest absolute Gasteiger partial charge is 0.0247 e. The van der Waals surface area contributed by atoms with E-state index in [9.17, 15) is 0 Å². The first kappa shape index (κ1) is 15.0. The lowest BCUT2D eigenvalue weighted by Gasteiger charge is -2.38. The predicted molar refractivity (Wildman–Crippen MR) is 76.0 cm³/mol. The molecule has 2 nitrogen and oxygen atoms in total. The topological polar surface area (TPSA) is 29.3 Å². The summed E-state index contributed by atoms with van der Waals surface area (Å²) < 4.78 is 0. The molecule has 1 aliphatic rings. The van der Waals surface area contributed by atoms with Crippen LogP contribution < -0.4 is 5.73 Å². The minimum Gasteiger partial charge on any atom is -0.329 e. The van der Waals surface area contributed by atoms with Crippen molar-refractivity contribution in [3.8, 4) is 0 Å². The molecule has 0 aromatic heterocycles. The number of hydrogen-bond donors (Lipinski definition) is 1. The van der Waals surface area contributed by atoms with E-state index < -0.39 is 0 Å². The van der Waals surface area contributed by atoms with E-state index in [0.717, 1.165) is 30.3 Å². The van der Waals surface area contributed by atoms with Gasteiger partial charge in [0.15, 0.2) is 0 Å². The molecule has 0 bridgehead atoms. The number of hydrogen-bond acceptors (Lipinski definition) is 2. The average Bonchev–Trinajstić information content (AvgIpc) is 2.66. The van der Waals surface area contributed by atoms with Crippen LogP contribution in [-0.4, -0.2) is 30.1 Å². The summed E-state index contributed by atoms with van der Waals surface area (Å²) in [6.07, 6.45) is 4.01. The maximum atomic E-state index is 6.05. The largest absolute Gasteiger partial charge is 0.329 e. The van der Waals surface area contributed by atoms with Crippen LogP contribution in [0.5, 0.6) is 0 Å². The SMILES string of the molecule is CC(C)CC(C)C(CN)N1CCCC1C(C)C. The maximum Gasteiger partial charge on any atom is 0.0247 e. The average molecular weight is 240 g/mol. The summed E-state index contributed by atoms with van der Waals surface area (Å²) in [6.45, 7) is 13.8. The molecule has 3 atom stereocenters. The van der Waals surface area contributed by atoms with Crippen molar-refractivity contribution in [2.24, 2.45) is 23.5 Å². The van der Waals surface area contributed by atoms with E-state index in [1.54, 1.807) is 0 Å². The lowest BCUT2D eigenvalue weighted by atomic mass is 9.89. The van der Waals surface area contributed by atoms with Gasteiger partial charge in [-0.2, -0.15) is 0 Å². The first-order chi connectivity index (χ1) is 7.97. The van der Waals surface area contributed by atoms with E-state index in [1.165, 1.54) is 25.8 Å². The van der Waals surface area contributed by atoms with Crippen molar-refractivity contribution in [3.63, 3.8) is 0 Å². The predicted octanol–water partition coefficient (Wildman–Crippen LogP) is 3.12. The van der Waals surface area contributed by atoms with E-state index in [1.807, 2.05) is 0 Å². The molecule has 0 radical (unpaired) electrons. The van der Waals surface area contributed by atoms with Crippen LogP contribution in [0.4, 0.5) is 0 Å². The molecule has 1 heterocycles. The second-order valence-corrected chi connectivity index (χ2v) is 6.60. The third-order valence-corrected chi connectivity index (χ3v) is 4.28. The van der Waals surface area contributed by atoms with E-state index in [0.29, 0.717) is 6.04 Å². The highest BCUT2D eigenvalue weighted by Gasteiger charge is 2.34. The molecule has 0 saturated carbocycles. The van der Waals surface area contributed by atoms with E-state index >= 15 is 0 Å². The summed E-state index contributed by atoms with van der Waals surface area (Å²) in [6, 6.07) is 1.35. The third kappa shape index (κ3) is 3.96. The van der Waals surface area contributed by atoms with Crippen LogP contribution in [0.25, 0.3) is 0 Å². The van der Waals surface area contributed by atoms with Crippen molar-refractivity contribution >= 4 is 0 Å². The van der Waals surface area contributed by atoms with Crippen LogP contribution in [0.1, 0.15) is 53.9 Å². The Labute approximate surface area is 108 Å². The van der Waals surface area contributed by atoms with Crippen LogP contribution in [0.15, 0.2) is 0 Å². The van der Waals surface area contributed by atoms with Gasteiger partial charge >= 0.3 is 0 Å². The van der Waals surface area contributed by atoms with E-state index in [-0.39, 0.29) is 0 Å². The van der Waals surface area contributed by atoms with Crippen molar-refractivity contribution in [1.29, 1.82) is 0 Å². The Morgan fingerprint density at radius 1 is 1.18 bits per heavy atom. The molecule has 1 rings (SSSR count). The molecule has 1 aliphatic heterocycles. The Bertz CT molecular complexity index is 213. The molecule has 0 amide bonds. The van der Waals surface area contributed by atoms with Crippen molar-refractivity contribution in [2.75, 3.05) is 13.1 Å². The maximum absolute atomic E-state index is 6.05. The number of nitrogens with zero attached hydrogens (tertiary/aromatic N) is 1. The molecular weight excluding hydrogens is 208 g/mol. The molecule has 3 unspecified atom stereocenters. The van der Waals surface area contributed by atoms with Crippen LogP contribution in [0.3, 0.4) is 0 Å². The lowest BCUT2D eigenvalue weighted by Crippen LogP contribution is -2.49. The van der Waals surface area contributed by atoms with Gasteiger partial charge in [-0.1, -0.05) is 34.6 Å². The van der Waals surface area contributed by atoms with Gasteiger partial charge in [-0.15, -0.1) is 0 Å². The van der Waals surface area contributed by atoms with Gasteiger partial charge in [0.05, 0.1) is 0 Å². The zero-order valence-corrected chi connectivity index (χ0v) is 12.4. The van der Waals surface area contributed by atoms with Gasteiger partial charge in [0.1, 0.15) is 0 Å². The molecule has 0 aliphatic carbocycles. The molecule has 2 N–H and O–H groups in total. The molecule has 1 saturated heterocycles. The normalized spacial score (nSPS) is 25.8. The van der Waals surface area contributed by atoms with Crippen LogP contribution >= 0.6 is 0 Å². The summed E-state index contributed by atoms with van der Waals surface area (Å²) >= 11 is 0. The Hall–Kier alpha value is -0.0800. The van der Waals surface area contributed by atoms with E-state index in [2.05, 4.69) is 39.5 Å².